The van der Waals surface area contributed by atoms with Crippen molar-refractivity contribution in [3.05, 3.63) is 59.9 Å². The highest BCUT2D eigenvalue weighted by Crippen LogP contribution is 2.29. The number of hydrogen-bond donors (Lipinski definition) is 0. The van der Waals surface area contributed by atoms with Gasteiger partial charge in [0.1, 0.15) is 23.0 Å². The first-order valence-corrected chi connectivity index (χ1v) is 8.64. The lowest BCUT2D eigenvalue weighted by Crippen LogP contribution is -2.41. The number of aryl methyl sites for hydroxylation is 1. The van der Waals surface area contributed by atoms with E-state index in [4.69, 9.17) is 4.42 Å². The molecule has 1 aliphatic heterocycles. The number of carbonyl (C=O) groups excluding carboxylic acids is 1. The molecule has 4 heterocycles. The summed E-state index contributed by atoms with van der Waals surface area (Å²) in [5, 5.41) is 14.0. The van der Waals surface area contributed by atoms with Crippen molar-refractivity contribution in [2.24, 2.45) is 0 Å². The molecule has 1 aliphatic rings. The summed E-state index contributed by atoms with van der Waals surface area (Å²) in [6.45, 7) is 2.98. The van der Waals surface area contributed by atoms with Crippen molar-refractivity contribution in [1.82, 2.24) is 19.2 Å². The molecule has 0 N–H and O–H groups in total. The Balaban J connectivity index is 1.65. The molecule has 1 atom stereocenters. The molecule has 4 rings (SSSR count). The predicted molar refractivity (Wildman–Crippen MR) is 93.9 cm³/mol. The van der Waals surface area contributed by atoms with Gasteiger partial charge in [-0.15, -0.1) is 0 Å². The van der Waals surface area contributed by atoms with Gasteiger partial charge in [0.15, 0.2) is 0 Å². The molecule has 0 saturated carbocycles. The average Bonchev–Trinajstić information content (AvgIpc) is 3.41. The number of amides is 1. The topological polar surface area (TPSA) is 80.0 Å². The number of aromatic nitrogens is 3. The van der Waals surface area contributed by atoms with Crippen molar-refractivity contribution in [1.29, 1.82) is 5.26 Å². The predicted octanol–water partition coefficient (Wildman–Crippen LogP) is 2.92. The molecule has 1 amide bonds. The molecule has 0 bridgehead atoms. The van der Waals surface area contributed by atoms with Crippen LogP contribution in [0.25, 0.3) is 5.88 Å². The van der Waals surface area contributed by atoms with Gasteiger partial charge >= 0.3 is 0 Å². The van der Waals surface area contributed by atoms with Crippen molar-refractivity contribution >= 4 is 5.91 Å². The Morgan fingerprint density at radius 1 is 1.31 bits per heavy atom. The van der Waals surface area contributed by atoms with E-state index < -0.39 is 0 Å². The molecule has 0 spiro atoms. The Bertz CT molecular complexity index is 947. The van der Waals surface area contributed by atoms with E-state index >= 15 is 0 Å². The van der Waals surface area contributed by atoms with Crippen LogP contribution in [0.4, 0.5) is 0 Å². The highest BCUT2D eigenvalue weighted by atomic mass is 16.4. The second-order valence-electron chi connectivity index (χ2n) is 6.45. The maximum absolute atomic E-state index is 13.2. The van der Waals surface area contributed by atoms with Crippen LogP contribution in [0.5, 0.6) is 0 Å². The first-order valence-electron chi connectivity index (χ1n) is 8.64. The Hall–Kier alpha value is -3.27. The minimum atomic E-state index is -0.155. The monoisotopic (exact) mass is 349 g/mol. The van der Waals surface area contributed by atoms with Gasteiger partial charge < -0.3 is 9.32 Å². The van der Waals surface area contributed by atoms with Crippen LogP contribution in [0.3, 0.4) is 0 Å². The summed E-state index contributed by atoms with van der Waals surface area (Å²) in [6.07, 6.45) is 9.14. The molecule has 1 saturated heterocycles. The quantitative estimate of drug-likeness (QED) is 0.728. The zero-order chi connectivity index (χ0) is 18.1. The minimum Gasteiger partial charge on any atom is -0.443 e. The minimum absolute atomic E-state index is 0.155. The fourth-order valence-corrected chi connectivity index (χ4v) is 3.55. The summed E-state index contributed by atoms with van der Waals surface area (Å²) in [5.74, 6) is 0.702. The molecule has 1 fully saturated rings. The molecule has 0 aliphatic carbocycles. The molecule has 3 aromatic heterocycles. The van der Waals surface area contributed by atoms with Crippen molar-refractivity contribution in [2.75, 3.05) is 13.1 Å². The lowest BCUT2D eigenvalue weighted by atomic mass is 10.0. The van der Waals surface area contributed by atoms with Crippen LogP contribution in [0.2, 0.25) is 0 Å². The Morgan fingerprint density at radius 2 is 2.12 bits per heavy atom. The molecule has 0 radical (unpaired) electrons. The maximum Gasteiger partial charge on any atom is 0.258 e. The van der Waals surface area contributed by atoms with Gasteiger partial charge in [0.2, 0.25) is 5.88 Å². The summed E-state index contributed by atoms with van der Waals surface area (Å²) in [4.78, 5) is 15.0. The highest BCUT2D eigenvalue weighted by Gasteiger charge is 2.31. The fourth-order valence-electron chi connectivity index (χ4n) is 3.55. The summed E-state index contributed by atoms with van der Waals surface area (Å²) < 4.78 is 9.38. The molecule has 26 heavy (non-hydrogen) atoms. The average molecular weight is 349 g/mol. The van der Waals surface area contributed by atoms with Crippen LogP contribution < -0.4 is 0 Å². The van der Waals surface area contributed by atoms with Gasteiger partial charge in [-0.2, -0.15) is 10.4 Å². The van der Waals surface area contributed by atoms with Crippen molar-refractivity contribution in [3.63, 3.8) is 0 Å². The Morgan fingerprint density at radius 3 is 2.81 bits per heavy atom. The van der Waals surface area contributed by atoms with Gasteiger partial charge in [-0.25, -0.2) is 0 Å². The smallest absolute Gasteiger partial charge is 0.258 e. The van der Waals surface area contributed by atoms with E-state index in [1.807, 2.05) is 29.1 Å². The van der Waals surface area contributed by atoms with E-state index in [-0.39, 0.29) is 17.5 Å². The fraction of sp³-hybridized carbons (Fsp3) is 0.316. The van der Waals surface area contributed by atoms with Gasteiger partial charge in [0.25, 0.3) is 5.91 Å². The number of nitriles is 1. The number of rotatable bonds is 3. The lowest BCUT2D eigenvalue weighted by molar-refractivity contribution is 0.0671. The van der Waals surface area contributed by atoms with Crippen molar-refractivity contribution in [2.45, 2.75) is 25.8 Å². The van der Waals surface area contributed by atoms with Crippen LogP contribution in [0.1, 0.15) is 40.6 Å². The van der Waals surface area contributed by atoms with Crippen LogP contribution in [0.15, 0.2) is 47.4 Å². The molecule has 7 heteroatoms. The number of likely N-dealkylation sites (tertiary alicyclic amines) is 1. The first-order chi connectivity index (χ1) is 12.7. The molecule has 7 nitrogen and oxygen atoms in total. The summed E-state index contributed by atoms with van der Waals surface area (Å²) in [5.41, 5.74) is 0.641. The second kappa shape index (κ2) is 6.56. The van der Waals surface area contributed by atoms with Gasteiger partial charge in [-0.3, -0.25) is 14.0 Å². The first kappa shape index (κ1) is 16.2. The zero-order valence-electron chi connectivity index (χ0n) is 14.5. The van der Waals surface area contributed by atoms with Gasteiger partial charge in [-0.05, 0) is 38.0 Å². The number of nitrogens with zero attached hydrogens (tertiary/aromatic N) is 5. The van der Waals surface area contributed by atoms with E-state index in [0.29, 0.717) is 30.3 Å². The molecule has 3 aromatic rings. The number of furan rings is 1. The van der Waals surface area contributed by atoms with Crippen LogP contribution >= 0.6 is 0 Å². The Labute approximate surface area is 151 Å². The zero-order valence-corrected chi connectivity index (χ0v) is 14.5. The number of hydrogen-bond acceptors (Lipinski definition) is 4. The lowest BCUT2D eigenvalue weighted by Gasteiger charge is -2.32. The van der Waals surface area contributed by atoms with Crippen molar-refractivity contribution < 1.29 is 9.21 Å². The van der Waals surface area contributed by atoms with Crippen LogP contribution in [-0.2, 0) is 0 Å². The maximum atomic E-state index is 13.2. The van der Waals surface area contributed by atoms with Crippen LogP contribution in [0, 0.1) is 18.3 Å². The molecule has 0 unspecified atom stereocenters. The van der Waals surface area contributed by atoms with Gasteiger partial charge in [0, 0.05) is 37.9 Å². The number of piperidine rings is 1. The third-order valence-electron chi connectivity index (χ3n) is 4.81. The molecule has 0 aromatic carbocycles. The van der Waals surface area contributed by atoms with Crippen LogP contribution in [-0.4, -0.2) is 38.2 Å². The number of carbonyl (C=O) groups is 1. The SMILES string of the molecule is Cc1oc(-n2cccc2)c(C#N)c1C(=O)N1CCC[C@H](n2cccn2)C1. The molecule has 132 valence electrons. The van der Waals surface area contributed by atoms with Gasteiger partial charge in [-0.1, -0.05) is 0 Å². The van der Waals surface area contributed by atoms with E-state index in [2.05, 4.69) is 11.2 Å². The molecular weight excluding hydrogens is 330 g/mol. The van der Waals surface area contributed by atoms with Crippen molar-refractivity contribution in [3.8, 4) is 12.0 Å². The second-order valence-corrected chi connectivity index (χ2v) is 6.45. The third kappa shape index (κ3) is 2.69. The summed E-state index contributed by atoms with van der Waals surface area (Å²) in [6, 6.07) is 7.89. The molecular formula is C19H19N5O2. The summed E-state index contributed by atoms with van der Waals surface area (Å²) in [7, 11) is 0. The third-order valence-corrected chi connectivity index (χ3v) is 4.81. The standard InChI is InChI=1S/C19H19N5O2/c1-14-17(16(12-20)19(26-14)22-8-2-3-9-22)18(25)23-10-4-6-15(13-23)24-11-5-7-21-24/h2-3,5,7-9,11,15H,4,6,10,13H2,1H3/t15-/m0/s1. The normalized spacial score (nSPS) is 17.2. The van der Waals surface area contributed by atoms with E-state index in [1.54, 1.807) is 35.0 Å². The van der Waals surface area contributed by atoms with E-state index in [1.165, 1.54) is 0 Å². The highest BCUT2D eigenvalue weighted by molar-refractivity contribution is 5.98. The van der Waals surface area contributed by atoms with E-state index in [0.717, 1.165) is 12.8 Å². The largest absolute Gasteiger partial charge is 0.443 e. The Kier molecular flexibility index (Phi) is 4.09. The summed E-state index contributed by atoms with van der Waals surface area (Å²) >= 11 is 0. The van der Waals surface area contributed by atoms with Gasteiger partial charge in [0.05, 0.1) is 6.04 Å². The van der Waals surface area contributed by atoms with E-state index in [9.17, 15) is 10.1 Å².